The van der Waals surface area contributed by atoms with Gasteiger partial charge in [0.2, 0.25) is 0 Å². The molecular weight excluding hydrogens is 314 g/mol. The van der Waals surface area contributed by atoms with Crippen LogP contribution in [0.25, 0.3) is 0 Å². The minimum atomic E-state index is 0.897. The zero-order valence-electron chi connectivity index (χ0n) is 11.8. The predicted molar refractivity (Wildman–Crippen MR) is 85.0 cm³/mol. The topological polar surface area (TPSA) is 19.4 Å². The van der Waals surface area contributed by atoms with Crippen molar-refractivity contribution < 1.29 is 0 Å². The number of hydrogen-bond acceptors (Lipinski definition) is 3. The van der Waals surface area contributed by atoms with Gasteiger partial charge in [0.15, 0.2) is 0 Å². The standard InChI is InChI=1S/C16H22BrN3/c17-14-3-4-16(18-11-14)20-7-5-19(6-8-20)15-10-12-1-2-13(15)9-12/h3-4,11-13,15H,1-2,5-10H2. The van der Waals surface area contributed by atoms with Crippen molar-refractivity contribution in [2.45, 2.75) is 31.7 Å². The third kappa shape index (κ3) is 2.37. The van der Waals surface area contributed by atoms with Crippen molar-refractivity contribution >= 4 is 21.7 Å². The predicted octanol–water partition coefficient (Wildman–Crippen LogP) is 3.15. The van der Waals surface area contributed by atoms with Crippen LogP contribution in [0.5, 0.6) is 0 Å². The summed E-state index contributed by atoms with van der Waals surface area (Å²) in [6.07, 6.45) is 7.88. The van der Waals surface area contributed by atoms with Gasteiger partial charge < -0.3 is 4.90 Å². The van der Waals surface area contributed by atoms with Crippen LogP contribution in [0.15, 0.2) is 22.8 Å². The maximum Gasteiger partial charge on any atom is 0.128 e. The van der Waals surface area contributed by atoms with Crippen LogP contribution < -0.4 is 4.90 Å². The third-order valence-electron chi connectivity index (χ3n) is 5.52. The van der Waals surface area contributed by atoms with E-state index in [0.29, 0.717) is 0 Å². The van der Waals surface area contributed by atoms with Crippen LogP contribution in [0.2, 0.25) is 0 Å². The van der Waals surface area contributed by atoms with Crippen LogP contribution in [0.1, 0.15) is 25.7 Å². The molecule has 3 fully saturated rings. The highest BCUT2D eigenvalue weighted by molar-refractivity contribution is 9.10. The molecule has 3 atom stereocenters. The molecule has 2 aliphatic carbocycles. The lowest BCUT2D eigenvalue weighted by molar-refractivity contribution is 0.134. The number of fused-ring (bicyclic) bond motifs is 2. The van der Waals surface area contributed by atoms with E-state index in [4.69, 9.17) is 0 Å². The second-order valence-corrected chi connectivity index (χ2v) is 7.52. The van der Waals surface area contributed by atoms with Gasteiger partial charge in [-0.05, 0) is 59.2 Å². The van der Waals surface area contributed by atoms with Crippen molar-refractivity contribution in [3.63, 3.8) is 0 Å². The van der Waals surface area contributed by atoms with Gasteiger partial charge in [0.05, 0.1) is 0 Å². The maximum absolute atomic E-state index is 4.52. The SMILES string of the molecule is Brc1ccc(N2CCN(C3CC4CCC3C4)CC2)nc1. The molecule has 2 saturated carbocycles. The molecule has 3 aliphatic rings. The number of halogens is 1. The van der Waals surface area contributed by atoms with E-state index >= 15 is 0 Å². The van der Waals surface area contributed by atoms with E-state index in [0.717, 1.165) is 41.3 Å². The first-order valence-corrected chi connectivity index (χ1v) is 8.69. The van der Waals surface area contributed by atoms with Gasteiger partial charge in [-0.15, -0.1) is 0 Å². The fraction of sp³-hybridized carbons (Fsp3) is 0.688. The first kappa shape index (κ1) is 13.1. The van der Waals surface area contributed by atoms with Crippen LogP contribution in [0.4, 0.5) is 5.82 Å². The normalized spacial score (nSPS) is 33.9. The van der Waals surface area contributed by atoms with Gasteiger partial charge in [-0.25, -0.2) is 4.98 Å². The molecule has 3 unspecified atom stereocenters. The van der Waals surface area contributed by atoms with E-state index < -0.39 is 0 Å². The summed E-state index contributed by atoms with van der Waals surface area (Å²) >= 11 is 3.45. The Hall–Kier alpha value is -0.610. The summed E-state index contributed by atoms with van der Waals surface area (Å²) in [5.41, 5.74) is 0. The highest BCUT2D eigenvalue weighted by atomic mass is 79.9. The van der Waals surface area contributed by atoms with Gasteiger partial charge in [-0.2, -0.15) is 0 Å². The third-order valence-corrected chi connectivity index (χ3v) is 5.99. The number of rotatable bonds is 2. The number of pyridine rings is 1. The van der Waals surface area contributed by atoms with Crippen LogP contribution in [0.3, 0.4) is 0 Å². The Balaban J connectivity index is 1.37. The van der Waals surface area contributed by atoms with E-state index in [1.54, 1.807) is 0 Å². The first-order valence-electron chi connectivity index (χ1n) is 7.90. The van der Waals surface area contributed by atoms with Crippen LogP contribution in [0, 0.1) is 11.8 Å². The molecule has 1 aromatic rings. The molecule has 0 amide bonds. The molecule has 108 valence electrons. The molecular formula is C16H22BrN3. The molecule has 0 N–H and O–H groups in total. The fourth-order valence-electron chi connectivity index (χ4n) is 4.50. The second-order valence-electron chi connectivity index (χ2n) is 6.60. The number of anilines is 1. The molecule has 4 rings (SSSR count). The average molecular weight is 336 g/mol. The number of piperazine rings is 1. The molecule has 4 heteroatoms. The molecule has 0 spiro atoms. The van der Waals surface area contributed by atoms with Crippen molar-refractivity contribution in [3.05, 3.63) is 22.8 Å². The monoisotopic (exact) mass is 335 g/mol. The Bertz CT molecular complexity index is 467. The van der Waals surface area contributed by atoms with Crippen molar-refractivity contribution in [3.8, 4) is 0 Å². The zero-order chi connectivity index (χ0) is 13.5. The Kier molecular flexibility index (Phi) is 3.47. The molecule has 1 aliphatic heterocycles. The minimum Gasteiger partial charge on any atom is -0.354 e. The summed E-state index contributed by atoms with van der Waals surface area (Å²) < 4.78 is 1.06. The molecule has 1 saturated heterocycles. The number of hydrogen-bond donors (Lipinski definition) is 0. The summed E-state index contributed by atoms with van der Waals surface area (Å²) in [6, 6.07) is 5.11. The highest BCUT2D eigenvalue weighted by Crippen LogP contribution is 2.46. The number of nitrogens with zero attached hydrogens (tertiary/aromatic N) is 3. The lowest BCUT2D eigenvalue weighted by Crippen LogP contribution is -2.52. The van der Waals surface area contributed by atoms with E-state index in [1.807, 2.05) is 6.20 Å². The van der Waals surface area contributed by atoms with E-state index in [2.05, 4.69) is 42.8 Å². The van der Waals surface area contributed by atoms with Gasteiger partial charge in [-0.1, -0.05) is 6.42 Å². The summed E-state index contributed by atoms with van der Waals surface area (Å²) in [5, 5.41) is 0. The van der Waals surface area contributed by atoms with Crippen LogP contribution in [-0.4, -0.2) is 42.1 Å². The summed E-state index contributed by atoms with van der Waals surface area (Å²) in [4.78, 5) is 9.71. The fourth-order valence-corrected chi connectivity index (χ4v) is 4.73. The quantitative estimate of drug-likeness (QED) is 0.827. The zero-order valence-corrected chi connectivity index (χ0v) is 13.4. The van der Waals surface area contributed by atoms with Crippen LogP contribution in [-0.2, 0) is 0 Å². The smallest absolute Gasteiger partial charge is 0.128 e. The van der Waals surface area contributed by atoms with Crippen molar-refractivity contribution in [2.24, 2.45) is 11.8 Å². The van der Waals surface area contributed by atoms with E-state index in [1.165, 1.54) is 38.8 Å². The largest absolute Gasteiger partial charge is 0.354 e. The van der Waals surface area contributed by atoms with Gasteiger partial charge in [0.1, 0.15) is 5.82 Å². The molecule has 0 aromatic carbocycles. The summed E-state index contributed by atoms with van der Waals surface area (Å²) in [5.74, 6) is 3.19. The second kappa shape index (κ2) is 5.30. The maximum atomic E-state index is 4.52. The average Bonchev–Trinajstić information content (AvgIpc) is 3.11. The number of aromatic nitrogens is 1. The van der Waals surface area contributed by atoms with Gasteiger partial charge in [0, 0.05) is 42.9 Å². The molecule has 3 nitrogen and oxygen atoms in total. The van der Waals surface area contributed by atoms with Crippen LogP contribution >= 0.6 is 15.9 Å². The van der Waals surface area contributed by atoms with Crippen molar-refractivity contribution in [1.29, 1.82) is 0 Å². The highest BCUT2D eigenvalue weighted by Gasteiger charge is 2.42. The molecule has 2 bridgehead atoms. The van der Waals surface area contributed by atoms with Gasteiger partial charge >= 0.3 is 0 Å². The van der Waals surface area contributed by atoms with Crippen molar-refractivity contribution in [2.75, 3.05) is 31.1 Å². The first-order chi connectivity index (χ1) is 9.79. The lowest BCUT2D eigenvalue weighted by Gasteiger charge is -2.41. The Labute approximate surface area is 129 Å². The molecule has 20 heavy (non-hydrogen) atoms. The van der Waals surface area contributed by atoms with Crippen molar-refractivity contribution in [1.82, 2.24) is 9.88 Å². The summed E-state index contributed by atoms with van der Waals surface area (Å²) in [6.45, 7) is 4.68. The Morgan fingerprint density at radius 2 is 1.90 bits per heavy atom. The van der Waals surface area contributed by atoms with Gasteiger partial charge in [-0.3, -0.25) is 4.90 Å². The summed E-state index contributed by atoms with van der Waals surface area (Å²) in [7, 11) is 0. The Morgan fingerprint density at radius 3 is 2.50 bits per heavy atom. The van der Waals surface area contributed by atoms with E-state index in [9.17, 15) is 0 Å². The van der Waals surface area contributed by atoms with E-state index in [-0.39, 0.29) is 0 Å². The molecule has 1 aromatic heterocycles. The molecule has 2 heterocycles. The lowest BCUT2D eigenvalue weighted by atomic mass is 9.93. The minimum absolute atomic E-state index is 0.897. The Morgan fingerprint density at radius 1 is 1.05 bits per heavy atom. The van der Waals surface area contributed by atoms with Gasteiger partial charge in [0.25, 0.3) is 0 Å². The molecule has 0 radical (unpaired) electrons.